The van der Waals surface area contributed by atoms with Crippen molar-refractivity contribution in [2.45, 2.75) is 24.5 Å². The number of benzene rings is 2. The molecule has 27 heavy (non-hydrogen) atoms. The molecule has 146 valence electrons. The fourth-order valence-corrected chi connectivity index (χ4v) is 7.15. The Bertz CT molecular complexity index is 1090. The van der Waals surface area contributed by atoms with Crippen molar-refractivity contribution in [1.82, 2.24) is 5.32 Å². The van der Waals surface area contributed by atoms with Gasteiger partial charge in [-0.3, -0.25) is 0 Å². The lowest BCUT2D eigenvalue weighted by molar-refractivity contribution is 0.597. The molecule has 0 aromatic heterocycles. The maximum Gasteiger partial charge on any atom is 0.284 e. The Labute approximate surface area is 160 Å². The number of sulfonamides is 1. The predicted octanol–water partition coefficient (Wildman–Crippen LogP) is 4.89. The van der Waals surface area contributed by atoms with E-state index in [4.69, 9.17) is 10.7 Å². The molecule has 1 aliphatic heterocycles. The second kappa shape index (κ2) is 5.76. The summed E-state index contributed by atoms with van der Waals surface area (Å²) in [4.78, 5) is -0.214. The normalized spacial score (nSPS) is 23.7. The van der Waals surface area contributed by atoms with E-state index in [-0.39, 0.29) is 10.5 Å². The Hall–Kier alpha value is -1.97. The lowest BCUT2D eigenvalue weighted by atomic mass is 10.1. The van der Waals surface area contributed by atoms with Gasteiger partial charge in [-0.2, -0.15) is 12.8 Å². The Morgan fingerprint density at radius 2 is 1.78 bits per heavy atom. The van der Waals surface area contributed by atoms with Gasteiger partial charge in [0, 0.05) is 10.7 Å². The Morgan fingerprint density at radius 1 is 1.11 bits per heavy atom. The van der Waals surface area contributed by atoms with Crippen molar-refractivity contribution < 1.29 is 16.2 Å². The predicted molar refractivity (Wildman–Crippen MR) is 108 cm³/mol. The van der Waals surface area contributed by atoms with Crippen LogP contribution < -0.4 is 5.32 Å². The smallest absolute Gasteiger partial charge is 0.284 e. The monoisotopic (exact) mass is 433 g/mol. The summed E-state index contributed by atoms with van der Waals surface area (Å²) in [6, 6.07) is 11.9. The SMILES string of the molecule is Cc1ccc(CS2(F)(F)(Cl)N=CN/C2=N\S(=O)(=O)c2ccccc2)cc1C. The summed E-state index contributed by atoms with van der Waals surface area (Å²) in [7, 11) is -5.38. The molecule has 5 nitrogen and oxygen atoms in total. The van der Waals surface area contributed by atoms with Crippen molar-refractivity contribution in [1.29, 1.82) is 0 Å². The summed E-state index contributed by atoms with van der Waals surface area (Å²) in [5, 5.41) is 1.01. The second-order valence-electron chi connectivity index (χ2n) is 6.43. The second-order valence-corrected chi connectivity index (χ2v) is 13.8. The summed E-state index contributed by atoms with van der Waals surface area (Å²) in [6.45, 7) is 3.65. The number of nitrogens with zero attached hydrogens (tertiary/aromatic N) is 2. The van der Waals surface area contributed by atoms with Gasteiger partial charge in [-0.15, -0.1) is 12.2 Å². The zero-order valence-corrected chi connectivity index (χ0v) is 17.0. The van der Waals surface area contributed by atoms with Crippen LogP contribution in [0.25, 0.3) is 0 Å². The van der Waals surface area contributed by atoms with Crippen molar-refractivity contribution in [2.24, 2.45) is 8.80 Å². The van der Waals surface area contributed by atoms with Gasteiger partial charge in [-0.25, -0.2) is 0 Å². The molecule has 0 saturated carbocycles. The molecule has 0 radical (unpaired) electrons. The average molecular weight is 434 g/mol. The highest BCUT2D eigenvalue weighted by atomic mass is 35.7. The first kappa shape index (κ1) is 19.8. The number of amidine groups is 1. The van der Waals surface area contributed by atoms with Crippen LogP contribution in [0.4, 0.5) is 7.77 Å². The van der Waals surface area contributed by atoms with Gasteiger partial charge in [0.05, 0.1) is 10.6 Å². The molecule has 1 aliphatic rings. The summed E-state index contributed by atoms with van der Waals surface area (Å²) in [5.74, 6) is -0.949. The topological polar surface area (TPSA) is 70.9 Å². The Kier molecular flexibility index (Phi) is 4.22. The average Bonchev–Trinajstić information content (AvgIpc) is 2.83. The third-order valence-corrected chi connectivity index (χ3v) is 9.25. The van der Waals surface area contributed by atoms with Gasteiger partial charge < -0.3 is 5.32 Å². The molecule has 0 aliphatic carbocycles. The first-order valence-corrected chi connectivity index (χ1v) is 12.5. The third kappa shape index (κ3) is 3.71. The molecule has 0 unspecified atom stereocenters. The largest absolute Gasteiger partial charge is 0.321 e. The molecule has 2 aromatic rings. The molecule has 1 N–H and O–H groups in total. The van der Waals surface area contributed by atoms with Crippen LogP contribution >= 0.6 is 19.1 Å². The molecular weight excluding hydrogens is 416 g/mol. The molecule has 0 amide bonds. The number of hydrogen-bond donors (Lipinski definition) is 1. The minimum atomic E-state index is -6.88. The molecular formula is C17H18ClF2N3O2S2. The molecule has 0 saturated heterocycles. The number of nitrogens with one attached hydrogen (secondary N) is 1. The first-order valence-electron chi connectivity index (χ1n) is 7.88. The van der Waals surface area contributed by atoms with Crippen LogP contribution in [0.3, 0.4) is 0 Å². The highest BCUT2D eigenvalue weighted by molar-refractivity contribution is 8.80. The summed E-state index contributed by atoms with van der Waals surface area (Å²) >= 11 is 0. The van der Waals surface area contributed by atoms with Crippen LogP contribution in [0, 0.1) is 13.8 Å². The maximum atomic E-state index is 15.9. The van der Waals surface area contributed by atoms with Crippen LogP contribution in [-0.4, -0.2) is 19.9 Å². The van der Waals surface area contributed by atoms with E-state index in [1.807, 2.05) is 6.92 Å². The minimum Gasteiger partial charge on any atom is -0.321 e. The van der Waals surface area contributed by atoms with E-state index >= 15 is 7.77 Å². The number of halogens is 3. The Morgan fingerprint density at radius 3 is 2.41 bits per heavy atom. The van der Waals surface area contributed by atoms with Gasteiger partial charge >= 0.3 is 0 Å². The zero-order chi connectivity index (χ0) is 20.0. The standard InChI is InChI=1S/C17H18ClF2N3O2S2/c1-13-8-9-15(10-14(13)2)11-27(18,19,20)17(21-12-22-27)23-26(24,25)16-6-4-3-5-7-16/h3-10,12H,11H2,1-2H3,(H,21,22,23). The molecule has 0 atom stereocenters. The van der Waals surface area contributed by atoms with Crippen LogP contribution in [-0.2, 0) is 15.8 Å². The van der Waals surface area contributed by atoms with Crippen LogP contribution in [0.1, 0.15) is 16.7 Å². The van der Waals surface area contributed by atoms with Crippen molar-refractivity contribution in [3.8, 4) is 0 Å². The van der Waals surface area contributed by atoms with Gasteiger partial charge in [0.25, 0.3) is 10.0 Å². The molecule has 3 rings (SSSR count). The number of rotatable bonds is 4. The van der Waals surface area contributed by atoms with Gasteiger partial charge in [0.2, 0.25) is 5.17 Å². The van der Waals surface area contributed by atoms with Crippen molar-refractivity contribution in [3.05, 3.63) is 65.2 Å². The maximum absolute atomic E-state index is 15.9. The fourth-order valence-electron chi connectivity index (χ4n) is 2.60. The molecule has 2 aromatic carbocycles. The molecule has 1 heterocycles. The lowest BCUT2D eigenvalue weighted by Gasteiger charge is -2.52. The lowest BCUT2D eigenvalue weighted by Crippen LogP contribution is -2.33. The summed E-state index contributed by atoms with van der Waals surface area (Å²) < 4.78 is 63.3. The van der Waals surface area contributed by atoms with E-state index < -0.39 is 29.4 Å². The van der Waals surface area contributed by atoms with Crippen LogP contribution in [0.15, 0.2) is 62.2 Å². The molecule has 0 spiro atoms. The van der Waals surface area contributed by atoms with Gasteiger partial charge in [0.1, 0.15) is 14.8 Å². The summed E-state index contributed by atoms with van der Waals surface area (Å²) in [6.07, 6.45) is 0.703. The van der Waals surface area contributed by atoms with E-state index in [2.05, 4.69) is 14.1 Å². The molecule has 0 bridgehead atoms. The fraction of sp³-hybridized carbons (Fsp3) is 0.176. The number of aryl methyl sites for hydroxylation is 2. The first-order chi connectivity index (χ1) is 12.3. The van der Waals surface area contributed by atoms with E-state index in [9.17, 15) is 8.42 Å². The summed E-state index contributed by atoms with van der Waals surface area (Å²) in [5.41, 5.74) is 2.00. The van der Waals surface area contributed by atoms with E-state index in [0.29, 0.717) is 6.34 Å². The third-order valence-electron chi connectivity index (χ3n) is 4.21. The van der Waals surface area contributed by atoms with E-state index in [0.717, 1.165) is 11.1 Å². The van der Waals surface area contributed by atoms with Crippen molar-refractivity contribution >= 4 is 40.7 Å². The van der Waals surface area contributed by atoms with Gasteiger partial charge in [-0.1, -0.05) is 36.4 Å². The zero-order valence-electron chi connectivity index (χ0n) is 14.6. The van der Waals surface area contributed by atoms with Gasteiger partial charge in [-0.05, 0) is 42.7 Å². The minimum absolute atomic E-state index is 0.214. The van der Waals surface area contributed by atoms with E-state index in [1.165, 1.54) is 30.3 Å². The molecule has 10 heteroatoms. The quantitative estimate of drug-likeness (QED) is 0.745. The Balaban J connectivity index is 2.10. The van der Waals surface area contributed by atoms with Crippen LogP contribution in [0.5, 0.6) is 0 Å². The molecule has 0 fully saturated rings. The van der Waals surface area contributed by atoms with E-state index in [1.54, 1.807) is 25.1 Å². The highest BCUT2D eigenvalue weighted by Gasteiger charge is 2.67. The van der Waals surface area contributed by atoms with Crippen molar-refractivity contribution in [2.75, 3.05) is 0 Å². The van der Waals surface area contributed by atoms with Crippen LogP contribution in [0.2, 0.25) is 0 Å². The van der Waals surface area contributed by atoms with Crippen molar-refractivity contribution in [3.63, 3.8) is 0 Å². The highest BCUT2D eigenvalue weighted by Crippen LogP contribution is 3.00. The number of hydrogen-bond acceptors (Lipinski definition) is 3. The van der Waals surface area contributed by atoms with Gasteiger partial charge in [0.15, 0.2) is 0 Å².